The minimum absolute atomic E-state index is 0.103. The van der Waals surface area contributed by atoms with Crippen LogP contribution in [0.1, 0.15) is 17.7 Å². The van der Waals surface area contributed by atoms with Crippen LogP contribution < -0.4 is 9.64 Å². The molecular formula is C18H21NO2S. The topological polar surface area (TPSA) is 29.5 Å². The number of ether oxygens (including phenoxy) is 1. The maximum Gasteiger partial charge on any atom is 0.244 e. The van der Waals surface area contributed by atoms with E-state index < -0.39 is 0 Å². The fourth-order valence-corrected chi connectivity index (χ4v) is 3.13. The Hall–Kier alpha value is -1.94. The lowest BCUT2D eigenvalue weighted by atomic mass is 10.1. The molecule has 0 bridgehead atoms. The Bertz CT molecular complexity index is 598. The molecule has 0 aliphatic rings. The second kappa shape index (κ2) is 7.90. The Balaban J connectivity index is 2.26. The van der Waals surface area contributed by atoms with Crippen molar-refractivity contribution in [3.63, 3.8) is 0 Å². The molecule has 2 aromatic rings. The summed E-state index contributed by atoms with van der Waals surface area (Å²) in [4.78, 5) is 14.7. The van der Waals surface area contributed by atoms with E-state index in [0.717, 1.165) is 17.0 Å². The predicted molar refractivity (Wildman–Crippen MR) is 93.7 cm³/mol. The van der Waals surface area contributed by atoms with Crippen LogP contribution in [0.15, 0.2) is 54.6 Å². The van der Waals surface area contributed by atoms with Crippen LogP contribution in [0.2, 0.25) is 0 Å². The van der Waals surface area contributed by atoms with Crippen molar-refractivity contribution in [2.24, 2.45) is 0 Å². The maximum atomic E-state index is 12.9. The smallest absolute Gasteiger partial charge is 0.244 e. The van der Waals surface area contributed by atoms with Crippen molar-refractivity contribution >= 4 is 23.4 Å². The van der Waals surface area contributed by atoms with Gasteiger partial charge in [-0.15, -0.1) is 11.8 Å². The number of rotatable bonds is 6. The van der Waals surface area contributed by atoms with E-state index in [1.165, 1.54) is 0 Å². The van der Waals surface area contributed by atoms with Crippen LogP contribution in [-0.2, 0) is 4.79 Å². The molecule has 1 unspecified atom stereocenters. The summed E-state index contributed by atoms with van der Waals surface area (Å²) in [5, 5.41) is -0.191. The lowest BCUT2D eigenvalue weighted by Gasteiger charge is -2.26. The Morgan fingerprint density at radius 1 is 1.14 bits per heavy atom. The molecule has 1 amide bonds. The zero-order valence-corrected chi connectivity index (χ0v) is 14.0. The van der Waals surface area contributed by atoms with Crippen molar-refractivity contribution in [2.75, 3.05) is 24.8 Å². The summed E-state index contributed by atoms with van der Waals surface area (Å²) in [6.07, 6.45) is 1.97. The van der Waals surface area contributed by atoms with E-state index in [0.29, 0.717) is 6.54 Å². The molecule has 22 heavy (non-hydrogen) atoms. The van der Waals surface area contributed by atoms with Crippen molar-refractivity contribution in [2.45, 2.75) is 12.2 Å². The molecule has 1 atom stereocenters. The number of methoxy groups -OCH3 is 1. The van der Waals surface area contributed by atoms with Crippen LogP contribution in [0.5, 0.6) is 5.75 Å². The van der Waals surface area contributed by atoms with Gasteiger partial charge in [0.15, 0.2) is 0 Å². The number of carbonyl (C=O) groups is 1. The molecule has 0 aliphatic heterocycles. The molecule has 0 N–H and O–H groups in total. The van der Waals surface area contributed by atoms with E-state index in [1.807, 2.05) is 72.7 Å². The first-order chi connectivity index (χ1) is 10.7. The summed E-state index contributed by atoms with van der Waals surface area (Å²) in [5.41, 5.74) is 1.93. The zero-order chi connectivity index (χ0) is 15.9. The lowest BCUT2D eigenvalue weighted by molar-refractivity contribution is -0.118. The van der Waals surface area contributed by atoms with Gasteiger partial charge >= 0.3 is 0 Å². The zero-order valence-electron chi connectivity index (χ0n) is 13.2. The third kappa shape index (κ3) is 3.63. The van der Waals surface area contributed by atoms with E-state index in [9.17, 15) is 4.79 Å². The summed E-state index contributed by atoms with van der Waals surface area (Å²) in [5.74, 6) is 0.892. The van der Waals surface area contributed by atoms with Gasteiger partial charge in [-0.05, 0) is 43.0 Å². The summed E-state index contributed by atoms with van der Waals surface area (Å²) in [7, 11) is 1.64. The molecule has 0 fully saturated rings. The Morgan fingerprint density at radius 2 is 1.77 bits per heavy atom. The first kappa shape index (κ1) is 16.4. The van der Waals surface area contributed by atoms with Crippen molar-refractivity contribution in [3.8, 4) is 5.75 Å². The number of amides is 1. The van der Waals surface area contributed by atoms with Gasteiger partial charge in [-0.25, -0.2) is 0 Å². The third-order valence-electron chi connectivity index (χ3n) is 3.53. The maximum absolute atomic E-state index is 12.9. The Labute approximate surface area is 136 Å². The minimum Gasteiger partial charge on any atom is -0.497 e. The molecule has 3 nitrogen and oxygen atoms in total. The highest BCUT2D eigenvalue weighted by atomic mass is 32.2. The fraction of sp³-hybridized carbons (Fsp3) is 0.278. The number of benzene rings is 2. The first-order valence-electron chi connectivity index (χ1n) is 7.24. The average molecular weight is 315 g/mol. The first-order valence-corrected chi connectivity index (χ1v) is 8.53. The van der Waals surface area contributed by atoms with E-state index in [-0.39, 0.29) is 11.2 Å². The molecule has 0 aromatic heterocycles. The van der Waals surface area contributed by atoms with Crippen molar-refractivity contribution in [1.82, 2.24) is 0 Å². The molecule has 0 radical (unpaired) electrons. The van der Waals surface area contributed by atoms with Gasteiger partial charge in [0.05, 0.1) is 7.11 Å². The van der Waals surface area contributed by atoms with E-state index in [4.69, 9.17) is 4.74 Å². The SMILES string of the molecule is CCN(C(=O)C(SC)c1ccccc1)c1ccc(OC)cc1. The van der Waals surface area contributed by atoms with Gasteiger partial charge in [-0.3, -0.25) is 4.79 Å². The van der Waals surface area contributed by atoms with Crippen LogP contribution in [0, 0.1) is 0 Å². The number of nitrogens with zero attached hydrogens (tertiary/aromatic N) is 1. The standard InChI is InChI=1S/C18H21NO2S/c1-4-19(15-10-12-16(21-2)13-11-15)18(20)17(22-3)14-8-6-5-7-9-14/h5-13,17H,4H2,1-3H3. The third-order valence-corrected chi connectivity index (χ3v) is 4.47. The van der Waals surface area contributed by atoms with Gasteiger partial charge in [0.25, 0.3) is 0 Å². The molecule has 0 saturated carbocycles. The van der Waals surface area contributed by atoms with Gasteiger partial charge in [-0.2, -0.15) is 0 Å². The summed E-state index contributed by atoms with van der Waals surface area (Å²) in [6.45, 7) is 2.62. The molecule has 0 spiro atoms. The van der Waals surface area contributed by atoms with Gasteiger partial charge in [0.1, 0.15) is 11.0 Å². The second-order valence-electron chi connectivity index (χ2n) is 4.81. The number of carbonyl (C=O) groups excluding carboxylic acids is 1. The number of hydrogen-bond acceptors (Lipinski definition) is 3. The minimum atomic E-state index is -0.191. The summed E-state index contributed by atoms with van der Waals surface area (Å²) < 4.78 is 5.17. The summed E-state index contributed by atoms with van der Waals surface area (Å²) >= 11 is 1.56. The number of thioether (sulfide) groups is 1. The molecule has 0 aliphatic carbocycles. The van der Waals surface area contributed by atoms with Crippen LogP contribution in [-0.4, -0.2) is 25.8 Å². The van der Waals surface area contributed by atoms with Crippen LogP contribution in [0.25, 0.3) is 0 Å². The van der Waals surface area contributed by atoms with Crippen molar-refractivity contribution < 1.29 is 9.53 Å². The fourth-order valence-electron chi connectivity index (χ4n) is 2.38. The summed E-state index contributed by atoms with van der Waals surface area (Å²) in [6, 6.07) is 17.5. The highest BCUT2D eigenvalue weighted by Gasteiger charge is 2.25. The molecule has 0 saturated heterocycles. The molecule has 2 rings (SSSR count). The van der Waals surface area contributed by atoms with E-state index in [1.54, 1.807) is 18.9 Å². The Morgan fingerprint density at radius 3 is 2.27 bits per heavy atom. The Kier molecular flexibility index (Phi) is 5.90. The molecule has 2 aromatic carbocycles. The molecule has 116 valence electrons. The highest BCUT2D eigenvalue weighted by Crippen LogP contribution is 2.31. The van der Waals surface area contributed by atoms with Gasteiger partial charge in [-0.1, -0.05) is 30.3 Å². The molecule has 4 heteroatoms. The van der Waals surface area contributed by atoms with E-state index >= 15 is 0 Å². The van der Waals surface area contributed by atoms with Gasteiger partial charge in [0, 0.05) is 12.2 Å². The van der Waals surface area contributed by atoms with Gasteiger partial charge < -0.3 is 9.64 Å². The lowest BCUT2D eigenvalue weighted by Crippen LogP contribution is -2.34. The molecular weight excluding hydrogens is 294 g/mol. The van der Waals surface area contributed by atoms with Crippen LogP contribution >= 0.6 is 11.8 Å². The van der Waals surface area contributed by atoms with Crippen molar-refractivity contribution in [1.29, 1.82) is 0 Å². The van der Waals surface area contributed by atoms with Crippen LogP contribution in [0.4, 0.5) is 5.69 Å². The number of anilines is 1. The normalized spacial score (nSPS) is 11.8. The number of likely N-dealkylation sites (N-methyl/N-ethyl adjacent to an activating group) is 1. The average Bonchev–Trinajstić information content (AvgIpc) is 2.58. The van der Waals surface area contributed by atoms with E-state index in [2.05, 4.69) is 0 Å². The molecule has 0 heterocycles. The van der Waals surface area contributed by atoms with Crippen molar-refractivity contribution in [3.05, 3.63) is 60.2 Å². The highest BCUT2D eigenvalue weighted by molar-refractivity contribution is 7.99. The van der Waals surface area contributed by atoms with Gasteiger partial charge in [0.2, 0.25) is 5.91 Å². The number of hydrogen-bond donors (Lipinski definition) is 0. The largest absolute Gasteiger partial charge is 0.497 e. The second-order valence-corrected chi connectivity index (χ2v) is 5.75. The monoisotopic (exact) mass is 315 g/mol. The predicted octanol–water partition coefficient (Wildman–Crippen LogP) is 4.15. The quantitative estimate of drug-likeness (QED) is 0.802. The van der Waals surface area contributed by atoms with Crippen LogP contribution in [0.3, 0.4) is 0 Å².